The lowest BCUT2D eigenvalue weighted by Crippen LogP contribution is -2.36. The van der Waals surface area contributed by atoms with E-state index in [1.165, 1.54) is 39.2 Å². The molecule has 3 aliphatic rings. The number of methoxy groups -OCH3 is 1. The zero-order valence-corrected chi connectivity index (χ0v) is 13.8. The Kier molecular flexibility index (Phi) is 3.87. The van der Waals surface area contributed by atoms with Crippen LogP contribution >= 0.6 is 0 Å². The van der Waals surface area contributed by atoms with Crippen molar-refractivity contribution in [2.75, 3.05) is 13.7 Å². The third-order valence-electron chi connectivity index (χ3n) is 6.04. The molecule has 4 rings (SSSR count). The van der Waals surface area contributed by atoms with Crippen molar-refractivity contribution in [3.63, 3.8) is 0 Å². The van der Waals surface area contributed by atoms with Crippen LogP contribution in [-0.2, 0) is 16.1 Å². The Morgan fingerprint density at radius 3 is 2.78 bits per heavy atom. The molecule has 1 aromatic rings. The molecule has 3 fully saturated rings. The molecule has 0 amide bonds. The molecule has 1 spiro atoms. The minimum Gasteiger partial charge on any atom is -0.468 e. The summed E-state index contributed by atoms with van der Waals surface area (Å²) < 4.78 is 10.5. The fraction of sp³-hybridized carbons (Fsp3) is 0.824. The van der Waals surface area contributed by atoms with Gasteiger partial charge in [-0.15, -0.1) is 0 Å². The predicted molar refractivity (Wildman–Crippen MR) is 82.6 cm³/mol. The minimum atomic E-state index is -0.165. The van der Waals surface area contributed by atoms with Crippen LogP contribution in [0.15, 0.2) is 4.52 Å². The van der Waals surface area contributed by atoms with Gasteiger partial charge in [0, 0.05) is 12.5 Å². The largest absolute Gasteiger partial charge is 0.468 e. The van der Waals surface area contributed by atoms with E-state index < -0.39 is 0 Å². The number of esters is 1. The lowest BCUT2D eigenvalue weighted by Gasteiger charge is -2.38. The van der Waals surface area contributed by atoms with E-state index in [0.29, 0.717) is 23.8 Å². The Hall–Kier alpha value is -1.43. The Bertz CT molecular complexity index is 575. The second-order valence-electron chi connectivity index (χ2n) is 7.53. The van der Waals surface area contributed by atoms with E-state index in [0.717, 1.165) is 31.6 Å². The maximum Gasteiger partial charge on any atom is 0.323 e. The Morgan fingerprint density at radius 2 is 2.13 bits per heavy atom. The molecule has 1 aliphatic heterocycles. The van der Waals surface area contributed by atoms with Gasteiger partial charge in [-0.1, -0.05) is 24.4 Å². The molecule has 126 valence electrons. The van der Waals surface area contributed by atoms with Crippen molar-refractivity contribution in [3.8, 4) is 0 Å². The molecule has 1 atom stereocenters. The van der Waals surface area contributed by atoms with Gasteiger partial charge in [-0.2, -0.15) is 4.98 Å². The average Bonchev–Trinajstić information content (AvgIpc) is 3.24. The summed E-state index contributed by atoms with van der Waals surface area (Å²) >= 11 is 0. The van der Waals surface area contributed by atoms with E-state index in [2.05, 4.69) is 15.0 Å². The topological polar surface area (TPSA) is 68.5 Å². The molecule has 2 saturated carbocycles. The van der Waals surface area contributed by atoms with Gasteiger partial charge in [0.1, 0.15) is 6.04 Å². The third-order valence-corrected chi connectivity index (χ3v) is 6.04. The highest BCUT2D eigenvalue weighted by molar-refractivity contribution is 5.76. The molecule has 1 aromatic heterocycles. The van der Waals surface area contributed by atoms with E-state index in [4.69, 9.17) is 9.26 Å². The van der Waals surface area contributed by atoms with Crippen LogP contribution in [0.1, 0.15) is 69.0 Å². The molecular weight excluding hydrogens is 294 g/mol. The van der Waals surface area contributed by atoms with Crippen molar-refractivity contribution in [2.24, 2.45) is 5.41 Å². The van der Waals surface area contributed by atoms with E-state index in [1.54, 1.807) is 0 Å². The van der Waals surface area contributed by atoms with Crippen LogP contribution in [0.2, 0.25) is 0 Å². The van der Waals surface area contributed by atoms with Crippen LogP contribution in [0.25, 0.3) is 0 Å². The predicted octanol–water partition coefficient (Wildman–Crippen LogP) is 2.64. The fourth-order valence-electron chi connectivity index (χ4n) is 4.57. The van der Waals surface area contributed by atoms with Gasteiger partial charge in [0.25, 0.3) is 0 Å². The molecule has 0 bridgehead atoms. The molecule has 2 aliphatic carbocycles. The number of ether oxygens (including phenoxy) is 1. The first-order valence-electron chi connectivity index (χ1n) is 8.83. The lowest BCUT2D eigenvalue weighted by molar-refractivity contribution is -0.146. The van der Waals surface area contributed by atoms with Gasteiger partial charge in [0.05, 0.1) is 13.7 Å². The minimum absolute atomic E-state index is 0.135. The number of nitrogens with zero attached hydrogens (tertiary/aromatic N) is 3. The molecule has 0 aromatic carbocycles. The molecule has 1 unspecified atom stereocenters. The SMILES string of the molecule is COC(=O)C1CC2(CCC2)CN1Cc1nc(C2CCCC2)no1. The summed E-state index contributed by atoms with van der Waals surface area (Å²) in [6.07, 6.45) is 9.45. The molecule has 0 N–H and O–H groups in total. The number of hydrogen-bond donors (Lipinski definition) is 0. The zero-order chi connectivity index (χ0) is 15.9. The van der Waals surface area contributed by atoms with Crippen LogP contribution in [0.3, 0.4) is 0 Å². The van der Waals surface area contributed by atoms with Crippen molar-refractivity contribution in [1.29, 1.82) is 0 Å². The van der Waals surface area contributed by atoms with Gasteiger partial charge in [-0.25, -0.2) is 0 Å². The van der Waals surface area contributed by atoms with Crippen molar-refractivity contribution in [3.05, 3.63) is 11.7 Å². The van der Waals surface area contributed by atoms with Crippen molar-refractivity contribution in [1.82, 2.24) is 15.0 Å². The van der Waals surface area contributed by atoms with Gasteiger partial charge < -0.3 is 9.26 Å². The Balaban J connectivity index is 1.46. The van der Waals surface area contributed by atoms with E-state index in [9.17, 15) is 4.79 Å². The second kappa shape index (κ2) is 5.89. The van der Waals surface area contributed by atoms with Crippen molar-refractivity contribution >= 4 is 5.97 Å². The van der Waals surface area contributed by atoms with E-state index in [1.807, 2.05) is 0 Å². The van der Waals surface area contributed by atoms with E-state index in [-0.39, 0.29) is 12.0 Å². The lowest BCUT2D eigenvalue weighted by atomic mass is 9.67. The van der Waals surface area contributed by atoms with Gasteiger partial charge >= 0.3 is 5.97 Å². The highest BCUT2D eigenvalue weighted by Gasteiger charge is 2.50. The molecule has 23 heavy (non-hydrogen) atoms. The fourth-order valence-corrected chi connectivity index (χ4v) is 4.57. The first-order chi connectivity index (χ1) is 11.2. The summed E-state index contributed by atoms with van der Waals surface area (Å²) in [5.41, 5.74) is 0.313. The quantitative estimate of drug-likeness (QED) is 0.795. The van der Waals surface area contributed by atoms with Gasteiger partial charge in [0.2, 0.25) is 5.89 Å². The van der Waals surface area contributed by atoms with Gasteiger partial charge in [0.15, 0.2) is 5.82 Å². The maximum atomic E-state index is 12.1. The summed E-state index contributed by atoms with van der Waals surface area (Å²) in [7, 11) is 1.47. The highest BCUT2D eigenvalue weighted by atomic mass is 16.5. The first-order valence-corrected chi connectivity index (χ1v) is 8.83. The first kappa shape index (κ1) is 15.1. The van der Waals surface area contributed by atoms with Gasteiger partial charge in [-0.05, 0) is 37.5 Å². The van der Waals surface area contributed by atoms with E-state index >= 15 is 0 Å². The molecular formula is C17H25N3O3. The second-order valence-corrected chi connectivity index (χ2v) is 7.53. The summed E-state index contributed by atoms with van der Waals surface area (Å²) in [5, 5.41) is 4.17. The smallest absolute Gasteiger partial charge is 0.323 e. The number of carbonyl (C=O) groups is 1. The molecule has 6 nitrogen and oxygen atoms in total. The summed E-state index contributed by atoms with van der Waals surface area (Å²) in [6, 6.07) is -0.165. The van der Waals surface area contributed by atoms with Crippen LogP contribution in [0.5, 0.6) is 0 Å². The van der Waals surface area contributed by atoms with Crippen LogP contribution in [0, 0.1) is 5.41 Å². The summed E-state index contributed by atoms with van der Waals surface area (Å²) in [4.78, 5) is 18.9. The highest BCUT2D eigenvalue weighted by Crippen LogP contribution is 2.50. The number of hydrogen-bond acceptors (Lipinski definition) is 6. The monoisotopic (exact) mass is 319 g/mol. The summed E-state index contributed by atoms with van der Waals surface area (Å²) in [5.74, 6) is 1.81. The number of likely N-dealkylation sites (tertiary alicyclic amines) is 1. The molecule has 0 radical (unpaired) electrons. The number of aromatic nitrogens is 2. The Morgan fingerprint density at radius 1 is 1.35 bits per heavy atom. The average molecular weight is 319 g/mol. The Labute approximate surface area is 136 Å². The van der Waals surface area contributed by atoms with Crippen molar-refractivity contribution < 1.29 is 14.1 Å². The summed E-state index contributed by atoms with van der Waals surface area (Å²) in [6.45, 7) is 1.50. The van der Waals surface area contributed by atoms with Crippen LogP contribution < -0.4 is 0 Å². The van der Waals surface area contributed by atoms with Crippen LogP contribution in [-0.4, -0.2) is 40.7 Å². The number of carbonyl (C=O) groups excluding carboxylic acids is 1. The standard InChI is InChI=1S/C17H25N3O3/c1-22-16(21)13-9-17(7-4-8-17)11-20(13)10-14-18-15(19-23-14)12-5-2-3-6-12/h12-13H,2-11H2,1H3. The number of rotatable bonds is 4. The van der Waals surface area contributed by atoms with Crippen molar-refractivity contribution in [2.45, 2.75) is 69.9 Å². The zero-order valence-electron chi connectivity index (χ0n) is 13.8. The van der Waals surface area contributed by atoms with Crippen LogP contribution in [0.4, 0.5) is 0 Å². The molecule has 1 saturated heterocycles. The van der Waals surface area contributed by atoms with Gasteiger partial charge in [-0.3, -0.25) is 9.69 Å². The maximum absolute atomic E-state index is 12.1. The third kappa shape index (κ3) is 2.77. The normalized spacial score (nSPS) is 27.4. The molecule has 6 heteroatoms. The molecule has 2 heterocycles.